The topological polar surface area (TPSA) is 48.7 Å². The Morgan fingerprint density at radius 3 is 2.74 bits per heavy atom. The molecule has 2 aromatic rings. The Labute approximate surface area is 133 Å². The Morgan fingerprint density at radius 1 is 1.32 bits per heavy atom. The average molecular weight is 455 g/mol. The predicted octanol–water partition coefficient (Wildman–Crippen LogP) is 4.11. The standard InChI is InChI=1S/C12H7Br3O4/c1-17-11-9-4(2-3-5(16)18-9)7(13)6-8(14)12(15)19-10(6)11/h2-3,8,12H,1H3/t8-,12-/m1/s1. The highest BCUT2D eigenvalue weighted by Gasteiger charge is 2.37. The lowest BCUT2D eigenvalue weighted by molar-refractivity contribution is 0.305. The number of methoxy groups -OCH3 is 1. The van der Waals surface area contributed by atoms with Gasteiger partial charge in [-0.3, -0.25) is 0 Å². The highest BCUT2D eigenvalue weighted by Crippen LogP contribution is 2.55. The molecule has 1 aliphatic rings. The lowest BCUT2D eigenvalue weighted by Gasteiger charge is -2.11. The minimum atomic E-state index is -0.429. The van der Waals surface area contributed by atoms with Gasteiger partial charge in [0.05, 0.1) is 11.9 Å². The van der Waals surface area contributed by atoms with Crippen molar-refractivity contribution in [1.29, 1.82) is 0 Å². The van der Waals surface area contributed by atoms with Crippen molar-refractivity contribution in [3.63, 3.8) is 0 Å². The molecule has 0 saturated carbocycles. The molecular formula is C12H7Br3O4. The smallest absolute Gasteiger partial charge is 0.336 e. The number of fused-ring (bicyclic) bond motifs is 2. The monoisotopic (exact) mass is 452 g/mol. The Balaban J connectivity index is 2.47. The third-order valence-electron chi connectivity index (χ3n) is 2.90. The van der Waals surface area contributed by atoms with Crippen LogP contribution in [-0.2, 0) is 0 Å². The predicted molar refractivity (Wildman–Crippen MR) is 81.7 cm³/mol. The van der Waals surface area contributed by atoms with Crippen LogP contribution in [0.5, 0.6) is 11.5 Å². The number of hydrogen-bond acceptors (Lipinski definition) is 4. The summed E-state index contributed by atoms with van der Waals surface area (Å²) in [7, 11) is 1.52. The molecule has 0 fully saturated rings. The highest BCUT2D eigenvalue weighted by atomic mass is 79.9. The molecule has 0 N–H and O–H groups in total. The maximum atomic E-state index is 11.4. The molecule has 4 nitrogen and oxygen atoms in total. The van der Waals surface area contributed by atoms with Gasteiger partial charge in [0.2, 0.25) is 5.75 Å². The first-order valence-electron chi connectivity index (χ1n) is 5.32. The maximum Gasteiger partial charge on any atom is 0.336 e. The van der Waals surface area contributed by atoms with Gasteiger partial charge >= 0.3 is 5.63 Å². The number of hydrogen-bond donors (Lipinski definition) is 0. The van der Waals surface area contributed by atoms with Crippen LogP contribution in [0, 0.1) is 0 Å². The molecule has 0 aliphatic carbocycles. The summed E-state index contributed by atoms with van der Waals surface area (Å²) < 4.78 is 17.1. The minimum absolute atomic E-state index is 0.0258. The van der Waals surface area contributed by atoms with Gasteiger partial charge in [-0.25, -0.2) is 4.79 Å². The van der Waals surface area contributed by atoms with Crippen LogP contribution in [0.2, 0.25) is 0 Å². The molecular weight excluding hydrogens is 448 g/mol. The summed E-state index contributed by atoms with van der Waals surface area (Å²) in [6, 6.07) is 3.08. The van der Waals surface area contributed by atoms with Crippen LogP contribution in [0.15, 0.2) is 25.8 Å². The van der Waals surface area contributed by atoms with Crippen molar-refractivity contribution in [3.05, 3.63) is 32.6 Å². The van der Waals surface area contributed by atoms with E-state index in [-0.39, 0.29) is 9.84 Å². The van der Waals surface area contributed by atoms with Crippen LogP contribution < -0.4 is 15.1 Å². The number of alkyl halides is 2. The van der Waals surface area contributed by atoms with Crippen molar-refractivity contribution in [2.75, 3.05) is 7.11 Å². The molecule has 0 saturated heterocycles. The van der Waals surface area contributed by atoms with Gasteiger partial charge in [-0.2, -0.15) is 0 Å². The molecule has 2 atom stereocenters. The van der Waals surface area contributed by atoms with Crippen LogP contribution in [0.4, 0.5) is 0 Å². The molecule has 1 aliphatic heterocycles. The van der Waals surface area contributed by atoms with Gasteiger partial charge in [0.1, 0.15) is 0 Å². The molecule has 0 spiro atoms. The molecule has 100 valence electrons. The number of halogens is 3. The van der Waals surface area contributed by atoms with E-state index < -0.39 is 5.63 Å². The molecule has 3 rings (SSSR count). The van der Waals surface area contributed by atoms with Crippen LogP contribution >= 0.6 is 47.8 Å². The zero-order chi connectivity index (χ0) is 13.7. The fourth-order valence-corrected chi connectivity index (χ4v) is 4.12. The van der Waals surface area contributed by atoms with Crippen molar-refractivity contribution in [2.24, 2.45) is 0 Å². The Morgan fingerprint density at radius 2 is 2.05 bits per heavy atom. The van der Waals surface area contributed by atoms with Gasteiger partial charge < -0.3 is 13.9 Å². The van der Waals surface area contributed by atoms with Crippen LogP contribution in [0.25, 0.3) is 11.0 Å². The van der Waals surface area contributed by atoms with Crippen molar-refractivity contribution >= 4 is 58.8 Å². The molecule has 1 aromatic heterocycles. The largest absolute Gasteiger partial charge is 0.490 e. The third kappa shape index (κ3) is 1.94. The summed E-state index contributed by atoms with van der Waals surface area (Å²) in [5.41, 5.74) is 0.878. The van der Waals surface area contributed by atoms with E-state index in [0.717, 1.165) is 15.4 Å². The van der Waals surface area contributed by atoms with E-state index in [1.165, 1.54) is 13.2 Å². The van der Waals surface area contributed by atoms with Gasteiger partial charge in [-0.15, -0.1) is 0 Å². The second kappa shape index (κ2) is 4.79. The summed E-state index contributed by atoms with van der Waals surface area (Å²) >= 11 is 10.5. The highest BCUT2D eigenvalue weighted by molar-refractivity contribution is 9.12. The molecule has 0 bridgehead atoms. The zero-order valence-electron chi connectivity index (χ0n) is 9.58. The summed E-state index contributed by atoms with van der Waals surface area (Å²) in [6.07, 6.45) is 0. The Kier molecular flexibility index (Phi) is 3.39. The fraction of sp³-hybridized carbons (Fsp3) is 0.250. The summed E-state index contributed by atoms with van der Waals surface area (Å²) in [4.78, 5) is 11.4. The molecule has 1 aromatic carbocycles. The van der Waals surface area contributed by atoms with Gasteiger partial charge in [0.15, 0.2) is 16.3 Å². The summed E-state index contributed by atoms with van der Waals surface area (Å²) in [6.45, 7) is 0. The molecule has 0 unspecified atom stereocenters. The number of ether oxygens (including phenoxy) is 2. The third-order valence-corrected chi connectivity index (χ3v) is 6.12. The van der Waals surface area contributed by atoms with Crippen LogP contribution in [0.1, 0.15) is 10.4 Å². The van der Waals surface area contributed by atoms with Crippen LogP contribution in [0.3, 0.4) is 0 Å². The Hall–Kier alpha value is -0.530. The molecule has 19 heavy (non-hydrogen) atoms. The second-order valence-electron chi connectivity index (χ2n) is 3.96. The quantitative estimate of drug-likeness (QED) is 0.480. The van der Waals surface area contributed by atoms with Crippen molar-refractivity contribution in [3.8, 4) is 11.5 Å². The number of benzene rings is 1. The van der Waals surface area contributed by atoms with E-state index >= 15 is 0 Å². The first kappa shape index (κ1) is 13.5. The first-order valence-corrected chi connectivity index (χ1v) is 7.95. The average Bonchev–Trinajstić information content (AvgIpc) is 2.66. The van der Waals surface area contributed by atoms with Crippen molar-refractivity contribution < 1.29 is 13.9 Å². The second-order valence-corrected chi connectivity index (χ2v) is 6.64. The van der Waals surface area contributed by atoms with Crippen LogP contribution in [-0.4, -0.2) is 12.1 Å². The zero-order valence-corrected chi connectivity index (χ0v) is 14.3. The van der Waals surface area contributed by atoms with Crippen molar-refractivity contribution in [1.82, 2.24) is 0 Å². The van der Waals surface area contributed by atoms with E-state index in [4.69, 9.17) is 13.9 Å². The SMILES string of the molecule is COc1c2c(c(Br)c3ccc(=O)oc13)[C@@H](Br)[C@H](Br)O2. The van der Waals surface area contributed by atoms with E-state index in [1.54, 1.807) is 6.07 Å². The Bertz CT molecular complexity index is 725. The van der Waals surface area contributed by atoms with Gasteiger partial charge in [0.25, 0.3) is 0 Å². The molecule has 0 amide bonds. The normalized spacial score (nSPS) is 21.3. The van der Waals surface area contributed by atoms with Gasteiger partial charge in [-0.05, 0) is 37.9 Å². The maximum absolute atomic E-state index is 11.4. The molecule has 0 radical (unpaired) electrons. The van der Waals surface area contributed by atoms with E-state index in [0.29, 0.717) is 17.1 Å². The lowest BCUT2D eigenvalue weighted by Crippen LogP contribution is -2.04. The van der Waals surface area contributed by atoms with Crippen molar-refractivity contribution in [2.45, 2.75) is 9.84 Å². The summed E-state index contributed by atoms with van der Waals surface area (Å²) in [5, 5.41) is 0.557. The van der Waals surface area contributed by atoms with Gasteiger partial charge in [-0.1, -0.05) is 15.9 Å². The van der Waals surface area contributed by atoms with E-state index in [1.807, 2.05) is 0 Å². The summed E-state index contributed by atoms with van der Waals surface area (Å²) in [5.74, 6) is 0.997. The number of rotatable bonds is 1. The van der Waals surface area contributed by atoms with E-state index in [2.05, 4.69) is 47.8 Å². The first-order chi connectivity index (χ1) is 9.04. The minimum Gasteiger partial charge on any atom is -0.490 e. The lowest BCUT2D eigenvalue weighted by atomic mass is 10.1. The van der Waals surface area contributed by atoms with E-state index in [9.17, 15) is 4.79 Å². The molecule has 2 heterocycles. The fourth-order valence-electron chi connectivity index (χ4n) is 2.08. The van der Waals surface area contributed by atoms with Gasteiger partial charge in [0, 0.05) is 21.5 Å². The molecule has 7 heteroatoms.